The van der Waals surface area contributed by atoms with E-state index in [-0.39, 0.29) is 0 Å². The standard InChI is InChI=1S/C15H18N2S/c16-10-11-17-14-6-8-15(9-7-14)18-12-13-4-2-1-3-5-13/h1-9,17H,10-12,16H2. The largest absolute Gasteiger partial charge is 0.384 e. The summed E-state index contributed by atoms with van der Waals surface area (Å²) >= 11 is 1.85. The highest BCUT2D eigenvalue weighted by Gasteiger charge is 1.96. The van der Waals surface area contributed by atoms with Crippen molar-refractivity contribution in [1.82, 2.24) is 0 Å². The van der Waals surface area contributed by atoms with Crippen molar-refractivity contribution in [2.75, 3.05) is 18.4 Å². The van der Waals surface area contributed by atoms with Crippen LogP contribution in [0.1, 0.15) is 5.56 Å². The number of rotatable bonds is 6. The summed E-state index contributed by atoms with van der Waals surface area (Å²) in [5, 5.41) is 3.26. The first kappa shape index (κ1) is 13.0. The molecule has 2 aromatic carbocycles. The third-order valence-electron chi connectivity index (χ3n) is 2.58. The Balaban J connectivity index is 1.86. The van der Waals surface area contributed by atoms with E-state index in [1.165, 1.54) is 10.5 Å². The van der Waals surface area contributed by atoms with Crippen LogP contribution in [0.25, 0.3) is 0 Å². The Morgan fingerprint density at radius 2 is 1.67 bits per heavy atom. The van der Waals surface area contributed by atoms with E-state index in [1.54, 1.807) is 0 Å². The maximum atomic E-state index is 5.45. The Labute approximate surface area is 113 Å². The van der Waals surface area contributed by atoms with E-state index >= 15 is 0 Å². The van der Waals surface area contributed by atoms with Crippen molar-refractivity contribution in [3.8, 4) is 0 Å². The molecular formula is C15H18N2S. The highest BCUT2D eigenvalue weighted by molar-refractivity contribution is 7.98. The molecule has 3 heteroatoms. The van der Waals surface area contributed by atoms with Gasteiger partial charge in [0.2, 0.25) is 0 Å². The summed E-state index contributed by atoms with van der Waals surface area (Å²) in [5.74, 6) is 1.01. The second-order valence-corrected chi connectivity index (χ2v) is 5.06. The summed E-state index contributed by atoms with van der Waals surface area (Å²) in [6.45, 7) is 1.47. The molecule has 0 saturated heterocycles. The van der Waals surface area contributed by atoms with E-state index < -0.39 is 0 Å². The van der Waals surface area contributed by atoms with E-state index in [2.05, 4.69) is 53.8 Å². The van der Waals surface area contributed by atoms with Crippen LogP contribution >= 0.6 is 11.8 Å². The zero-order chi connectivity index (χ0) is 12.6. The summed E-state index contributed by atoms with van der Waals surface area (Å²) in [7, 11) is 0. The fourth-order valence-electron chi connectivity index (χ4n) is 1.63. The normalized spacial score (nSPS) is 10.3. The number of anilines is 1. The predicted molar refractivity (Wildman–Crippen MR) is 80.0 cm³/mol. The monoisotopic (exact) mass is 258 g/mol. The van der Waals surface area contributed by atoms with Gasteiger partial charge in [-0.1, -0.05) is 30.3 Å². The van der Waals surface area contributed by atoms with Gasteiger partial charge in [-0.3, -0.25) is 0 Å². The van der Waals surface area contributed by atoms with Gasteiger partial charge in [-0.25, -0.2) is 0 Å². The van der Waals surface area contributed by atoms with Crippen molar-refractivity contribution in [3.63, 3.8) is 0 Å². The van der Waals surface area contributed by atoms with Gasteiger partial charge < -0.3 is 11.1 Å². The van der Waals surface area contributed by atoms with E-state index in [0.717, 1.165) is 18.0 Å². The van der Waals surface area contributed by atoms with E-state index in [9.17, 15) is 0 Å². The Bertz CT molecular complexity index is 454. The first-order valence-electron chi connectivity index (χ1n) is 6.09. The SMILES string of the molecule is NCCNc1ccc(SCc2ccccc2)cc1. The molecule has 0 unspecified atom stereocenters. The third kappa shape index (κ3) is 4.09. The molecule has 0 heterocycles. The zero-order valence-electron chi connectivity index (χ0n) is 10.3. The van der Waals surface area contributed by atoms with Gasteiger partial charge >= 0.3 is 0 Å². The van der Waals surface area contributed by atoms with Gasteiger partial charge in [0.25, 0.3) is 0 Å². The lowest BCUT2D eigenvalue weighted by Crippen LogP contribution is -2.12. The molecule has 0 aromatic heterocycles. The van der Waals surface area contributed by atoms with Gasteiger partial charge in [-0.15, -0.1) is 11.8 Å². The van der Waals surface area contributed by atoms with E-state index in [4.69, 9.17) is 5.73 Å². The van der Waals surface area contributed by atoms with Crippen LogP contribution in [0, 0.1) is 0 Å². The van der Waals surface area contributed by atoms with Crippen molar-refractivity contribution in [2.45, 2.75) is 10.6 Å². The lowest BCUT2D eigenvalue weighted by atomic mass is 10.2. The number of nitrogens with one attached hydrogen (secondary N) is 1. The molecule has 0 aliphatic heterocycles. The molecule has 0 radical (unpaired) electrons. The number of thioether (sulfide) groups is 1. The second kappa shape index (κ2) is 7.09. The number of benzene rings is 2. The zero-order valence-corrected chi connectivity index (χ0v) is 11.1. The molecule has 0 bridgehead atoms. The van der Waals surface area contributed by atoms with Gasteiger partial charge in [0.1, 0.15) is 0 Å². The Hall–Kier alpha value is -1.45. The third-order valence-corrected chi connectivity index (χ3v) is 3.66. The van der Waals surface area contributed by atoms with Crippen molar-refractivity contribution in [1.29, 1.82) is 0 Å². The molecule has 0 aliphatic carbocycles. The van der Waals surface area contributed by atoms with Crippen LogP contribution in [0.15, 0.2) is 59.5 Å². The molecule has 2 nitrogen and oxygen atoms in total. The molecule has 0 amide bonds. The summed E-state index contributed by atoms with van der Waals surface area (Å²) < 4.78 is 0. The van der Waals surface area contributed by atoms with Crippen LogP contribution in [-0.4, -0.2) is 13.1 Å². The lowest BCUT2D eigenvalue weighted by molar-refractivity contribution is 1.02. The minimum absolute atomic E-state index is 0.657. The highest BCUT2D eigenvalue weighted by atomic mass is 32.2. The summed E-state index contributed by atoms with van der Waals surface area (Å²) in [6.07, 6.45) is 0. The van der Waals surface area contributed by atoms with Crippen LogP contribution < -0.4 is 11.1 Å². The van der Waals surface area contributed by atoms with Crippen molar-refractivity contribution < 1.29 is 0 Å². The molecule has 0 atom stereocenters. The average molecular weight is 258 g/mol. The fourth-order valence-corrected chi connectivity index (χ4v) is 2.48. The quantitative estimate of drug-likeness (QED) is 0.780. The fraction of sp³-hybridized carbons (Fsp3) is 0.200. The van der Waals surface area contributed by atoms with Gasteiger partial charge in [-0.05, 0) is 29.8 Å². The number of hydrogen-bond acceptors (Lipinski definition) is 3. The molecule has 2 rings (SSSR count). The van der Waals surface area contributed by atoms with E-state index in [1.807, 2.05) is 17.8 Å². The molecule has 18 heavy (non-hydrogen) atoms. The topological polar surface area (TPSA) is 38.0 Å². The summed E-state index contributed by atoms with van der Waals surface area (Å²) in [4.78, 5) is 1.29. The van der Waals surface area contributed by atoms with Crippen molar-refractivity contribution in [3.05, 3.63) is 60.2 Å². The van der Waals surface area contributed by atoms with Crippen LogP contribution in [0.3, 0.4) is 0 Å². The van der Waals surface area contributed by atoms with Crippen LogP contribution in [0.4, 0.5) is 5.69 Å². The maximum Gasteiger partial charge on any atom is 0.0341 e. The van der Waals surface area contributed by atoms with Crippen LogP contribution in [0.2, 0.25) is 0 Å². The first-order valence-corrected chi connectivity index (χ1v) is 7.08. The van der Waals surface area contributed by atoms with Crippen molar-refractivity contribution >= 4 is 17.4 Å². The molecule has 94 valence electrons. The number of hydrogen-bond donors (Lipinski definition) is 2. The van der Waals surface area contributed by atoms with Crippen LogP contribution in [-0.2, 0) is 5.75 Å². The molecular weight excluding hydrogens is 240 g/mol. The maximum absolute atomic E-state index is 5.45. The predicted octanol–water partition coefficient (Wildman–Crippen LogP) is 3.35. The van der Waals surface area contributed by atoms with Crippen molar-refractivity contribution in [2.24, 2.45) is 5.73 Å². The second-order valence-electron chi connectivity index (χ2n) is 4.01. The Morgan fingerprint density at radius 1 is 0.944 bits per heavy atom. The van der Waals surface area contributed by atoms with Crippen LogP contribution in [0.5, 0.6) is 0 Å². The first-order chi connectivity index (χ1) is 8.88. The molecule has 2 aromatic rings. The highest BCUT2D eigenvalue weighted by Crippen LogP contribution is 2.23. The van der Waals surface area contributed by atoms with Gasteiger partial charge in [-0.2, -0.15) is 0 Å². The molecule has 0 spiro atoms. The van der Waals surface area contributed by atoms with Gasteiger partial charge in [0.05, 0.1) is 0 Å². The smallest absolute Gasteiger partial charge is 0.0341 e. The van der Waals surface area contributed by atoms with E-state index in [0.29, 0.717) is 6.54 Å². The van der Waals surface area contributed by atoms with Gasteiger partial charge in [0, 0.05) is 29.4 Å². The lowest BCUT2D eigenvalue weighted by Gasteiger charge is -2.06. The minimum Gasteiger partial charge on any atom is -0.384 e. The molecule has 0 fully saturated rings. The summed E-state index contributed by atoms with van der Waals surface area (Å²) in [5.41, 5.74) is 7.94. The Kier molecular flexibility index (Phi) is 5.12. The molecule has 3 N–H and O–H groups in total. The Morgan fingerprint density at radius 3 is 2.33 bits per heavy atom. The summed E-state index contributed by atoms with van der Waals surface area (Å²) in [6, 6.07) is 19.0. The minimum atomic E-state index is 0.657. The molecule has 0 saturated carbocycles. The molecule has 0 aliphatic rings. The van der Waals surface area contributed by atoms with Gasteiger partial charge in [0.15, 0.2) is 0 Å². The number of nitrogens with two attached hydrogens (primary N) is 1. The average Bonchev–Trinajstić information content (AvgIpc) is 2.45.